The minimum absolute atomic E-state index is 0.0624. The lowest BCUT2D eigenvalue weighted by atomic mass is 10.1. The van der Waals surface area contributed by atoms with Crippen molar-refractivity contribution in [2.45, 2.75) is 25.9 Å². The van der Waals surface area contributed by atoms with Crippen LogP contribution in [0.15, 0.2) is 28.8 Å². The van der Waals surface area contributed by atoms with Crippen molar-refractivity contribution in [1.29, 1.82) is 0 Å². The van der Waals surface area contributed by atoms with Crippen LogP contribution in [0.3, 0.4) is 0 Å². The molecular formula is C16H19ClN4O3. The van der Waals surface area contributed by atoms with E-state index in [0.29, 0.717) is 36.4 Å². The molecule has 1 aliphatic rings. The number of carboxylic acid groups (broad SMARTS) is 1. The van der Waals surface area contributed by atoms with Crippen molar-refractivity contribution in [3.05, 3.63) is 35.1 Å². The van der Waals surface area contributed by atoms with Gasteiger partial charge in [0.1, 0.15) is 0 Å². The number of piperazine rings is 1. The lowest BCUT2D eigenvalue weighted by molar-refractivity contribution is 0.0501. The van der Waals surface area contributed by atoms with Crippen molar-refractivity contribution in [2.24, 2.45) is 0 Å². The third-order valence-corrected chi connectivity index (χ3v) is 4.57. The summed E-state index contributed by atoms with van der Waals surface area (Å²) in [5, 5.41) is 13.8. The van der Waals surface area contributed by atoms with Crippen LogP contribution in [0.4, 0.5) is 4.79 Å². The van der Waals surface area contributed by atoms with E-state index in [-0.39, 0.29) is 12.1 Å². The molecule has 0 aliphatic carbocycles. The Bertz CT molecular complexity index is 736. The van der Waals surface area contributed by atoms with Crippen molar-refractivity contribution < 1.29 is 14.4 Å². The van der Waals surface area contributed by atoms with E-state index in [0.717, 1.165) is 5.56 Å². The van der Waals surface area contributed by atoms with Gasteiger partial charge in [-0.15, -0.1) is 0 Å². The van der Waals surface area contributed by atoms with Gasteiger partial charge in [0, 0.05) is 36.3 Å². The Morgan fingerprint density at radius 1 is 1.46 bits per heavy atom. The average molecular weight is 351 g/mol. The minimum Gasteiger partial charge on any atom is -0.465 e. The normalized spacial score (nSPS) is 20.1. The van der Waals surface area contributed by atoms with Crippen molar-refractivity contribution >= 4 is 17.7 Å². The van der Waals surface area contributed by atoms with Crippen LogP contribution in [0.25, 0.3) is 11.5 Å². The number of benzene rings is 1. The number of amides is 1. The molecule has 2 heterocycles. The average Bonchev–Trinajstić information content (AvgIpc) is 3.04. The van der Waals surface area contributed by atoms with Crippen LogP contribution in [0.5, 0.6) is 0 Å². The second-order valence-corrected chi connectivity index (χ2v) is 6.40. The number of halogens is 1. The first-order valence-electron chi connectivity index (χ1n) is 7.79. The summed E-state index contributed by atoms with van der Waals surface area (Å²) in [5.74, 6) is 1.01. The summed E-state index contributed by atoms with van der Waals surface area (Å²) >= 11 is 5.99. The Morgan fingerprint density at radius 2 is 2.25 bits per heavy atom. The van der Waals surface area contributed by atoms with Crippen LogP contribution in [-0.4, -0.2) is 56.8 Å². The second-order valence-electron chi connectivity index (χ2n) is 5.96. The molecule has 0 saturated carbocycles. The Morgan fingerprint density at radius 3 is 2.92 bits per heavy atom. The van der Waals surface area contributed by atoms with Gasteiger partial charge in [0.2, 0.25) is 0 Å². The maximum atomic E-state index is 11.1. The van der Waals surface area contributed by atoms with Gasteiger partial charge in [-0.3, -0.25) is 4.90 Å². The maximum Gasteiger partial charge on any atom is 0.407 e. The third-order valence-electron chi connectivity index (χ3n) is 4.33. The fourth-order valence-electron chi connectivity index (χ4n) is 3.01. The number of nitrogens with zero attached hydrogens (tertiary/aromatic N) is 4. The van der Waals surface area contributed by atoms with Crippen molar-refractivity contribution in [3.8, 4) is 11.5 Å². The Labute approximate surface area is 144 Å². The third kappa shape index (κ3) is 3.37. The monoisotopic (exact) mass is 350 g/mol. The molecule has 1 aromatic heterocycles. The van der Waals surface area contributed by atoms with Gasteiger partial charge >= 0.3 is 6.09 Å². The highest BCUT2D eigenvalue weighted by atomic mass is 35.5. The van der Waals surface area contributed by atoms with Gasteiger partial charge in [0.15, 0.2) is 5.82 Å². The Balaban J connectivity index is 1.74. The smallest absolute Gasteiger partial charge is 0.407 e. The highest BCUT2D eigenvalue weighted by Crippen LogP contribution is 2.26. The van der Waals surface area contributed by atoms with Gasteiger partial charge < -0.3 is 14.5 Å². The molecule has 1 N–H and O–H groups in total. The van der Waals surface area contributed by atoms with E-state index in [1.807, 2.05) is 26.0 Å². The molecule has 1 aromatic carbocycles. The van der Waals surface area contributed by atoms with Gasteiger partial charge in [0.25, 0.3) is 5.89 Å². The molecule has 1 amide bonds. The fraction of sp³-hybridized carbons (Fsp3) is 0.438. The minimum atomic E-state index is -0.878. The van der Waals surface area contributed by atoms with Crippen molar-refractivity contribution in [2.75, 3.05) is 19.6 Å². The predicted molar refractivity (Wildman–Crippen MR) is 88.9 cm³/mol. The van der Waals surface area contributed by atoms with Crippen LogP contribution < -0.4 is 0 Å². The van der Waals surface area contributed by atoms with Crippen LogP contribution in [-0.2, 0) is 0 Å². The van der Waals surface area contributed by atoms with Gasteiger partial charge in [-0.1, -0.05) is 22.8 Å². The van der Waals surface area contributed by atoms with E-state index in [2.05, 4.69) is 15.0 Å². The van der Waals surface area contributed by atoms with Gasteiger partial charge in [-0.25, -0.2) is 4.79 Å². The molecule has 1 unspecified atom stereocenters. The summed E-state index contributed by atoms with van der Waals surface area (Å²) in [6.07, 6.45) is -0.878. The van der Waals surface area contributed by atoms with Crippen LogP contribution in [0, 0.1) is 0 Å². The molecule has 128 valence electrons. The van der Waals surface area contributed by atoms with E-state index < -0.39 is 6.09 Å². The molecular weight excluding hydrogens is 332 g/mol. The lowest BCUT2D eigenvalue weighted by Crippen LogP contribution is -2.53. The zero-order chi connectivity index (χ0) is 17.3. The number of hydrogen-bond donors (Lipinski definition) is 1. The van der Waals surface area contributed by atoms with E-state index in [1.165, 1.54) is 4.90 Å². The first kappa shape index (κ1) is 16.7. The molecule has 3 rings (SSSR count). The molecule has 24 heavy (non-hydrogen) atoms. The largest absolute Gasteiger partial charge is 0.465 e. The van der Waals surface area contributed by atoms with E-state index in [1.54, 1.807) is 12.1 Å². The summed E-state index contributed by atoms with van der Waals surface area (Å²) in [5.41, 5.74) is 0.775. The van der Waals surface area contributed by atoms with Gasteiger partial charge in [-0.2, -0.15) is 4.98 Å². The van der Waals surface area contributed by atoms with Gasteiger partial charge in [-0.05, 0) is 32.0 Å². The molecule has 1 saturated heterocycles. The zero-order valence-electron chi connectivity index (χ0n) is 13.5. The molecule has 0 radical (unpaired) electrons. The number of carbonyl (C=O) groups is 1. The number of rotatable bonds is 3. The van der Waals surface area contributed by atoms with Crippen molar-refractivity contribution in [1.82, 2.24) is 19.9 Å². The Kier molecular flexibility index (Phi) is 4.73. The van der Waals surface area contributed by atoms with Crippen LogP contribution >= 0.6 is 11.6 Å². The summed E-state index contributed by atoms with van der Waals surface area (Å²) in [6, 6.07) is 7.28. The standard InChI is InChI=1S/C16H19ClN4O3/c1-10-9-20(16(22)23)6-7-21(10)11(2)14-18-15(24-19-14)12-4-3-5-13(17)8-12/h3-5,8,10-11H,6-7,9H2,1-2H3,(H,22,23)/t10-,11?/m0/s1. The highest BCUT2D eigenvalue weighted by molar-refractivity contribution is 6.30. The molecule has 0 bridgehead atoms. The molecule has 0 spiro atoms. The molecule has 1 fully saturated rings. The summed E-state index contributed by atoms with van der Waals surface area (Å²) < 4.78 is 5.36. The second kappa shape index (κ2) is 6.78. The van der Waals surface area contributed by atoms with Crippen LogP contribution in [0.1, 0.15) is 25.7 Å². The molecule has 7 nitrogen and oxygen atoms in total. The lowest BCUT2D eigenvalue weighted by Gasteiger charge is -2.40. The molecule has 1 aliphatic heterocycles. The highest BCUT2D eigenvalue weighted by Gasteiger charge is 2.32. The molecule has 8 heteroatoms. The van der Waals surface area contributed by atoms with Crippen LogP contribution in [0.2, 0.25) is 5.02 Å². The quantitative estimate of drug-likeness (QED) is 0.915. The van der Waals surface area contributed by atoms with E-state index in [4.69, 9.17) is 21.2 Å². The SMILES string of the molecule is CC(c1noc(-c2cccc(Cl)c2)n1)N1CCN(C(=O)O)C[C@@H]1C. The molecule has 2 aromatic rings. The fourth-order valence-corrected chi connectivity index (χ4v) is 3.20. The molecule has 2 atom stereocenters. The van der Waals surface area contributed by atoms with E-state index in [9.17, 15) is 4.79 Å². The number of hydrogen-bond acceptors (Lipinski definition) is 5. The first-order chi connectivity index (χ1) is 11.5. The first-order valence-corrected chi connectivity index (χ1v) is 8.16. The topological polar surface area (TPSA) is 82.7 Å². The number of aromatic nitrogens is 2. The zero-order valence-corrected chi connectivity index (χ0v) is 14.3. The predicted octanol–water partition coefficient (Wildman–Crippen LogP) is 3.14. The summed E-state index contributed by atoms with van der Waals surface area (Å²) in [7, 11) is 0. The Hall–Kier alpha value is -2.12. The summed E-state index contributed by atoms with van der Waals surface area (Å²) in [6.45, 7) is 5.58. The summed E-state index contributed by atoms with van der Waals surface area (Å²) in [4.78, 5) is 19.2. The maximum absolute atomic E-state index is 11.1. The van der Waals surface area contributed by atoms with Gasteiger partial charge in [0.05, 0.1) is 6.04 Å². The van der Waals surface area contributed by atoms with E-state index >= 15 is 0 Å². The van der Waals surface area contributed by atoms with Crippen molar-refractivity contribution in [3.63, 3.8) is 0 Å².